The number of benzene rings is 2. The molecule has 0 amide bonds. The number of hydrogen-bond donors (Lipinski definition) is 1. The molecule has 0 saturated carbocycles. The van der Waals surface area contributed by atoms with Crippen molar-refractivity contribution in [3.63, 3.8) is 0 Å². The summed E-state index contributed by atoms with van der Waals surface area (Å²) in [5, 5.41) is 13.7. The second-order valence-corrected chi connectivity index (χ2v) is 5.46. The molecule has 0 unspecified atom stereocenters. The lowest BCUT2D eigenvalue weighted by atomic mass is 9.91. The summed E-state index contributed by atoms with van der Waals surface area (Å²) in [6.07, 6.45) is 4.06. The number of carboxylic acids is 1. The van der Waals surface area contributed by atoms with Gasteiger partial charge in [-0.25, -0.2) is 9.48 Å². The Labute approximate surface area is 127 Å². The molecule has 3 aromatic rings. The van der Waals surface area contributed by atoms with Gasteiger partial charge in [0, 0.05) is 11.8 Å². The number of fused-ring (bicyclic) bond motifs is 3. The number of carboxylic acid groups (broad SMARTS) is 1. The van der Waals surface area contributed by atoms with E-state index in [0.29, 0.717) is 0 Å². The van der Waals surface area contributed by atoms with Gasteiger partial charge in [0.15, 0.2) is 0 Å². The zero-order chi connectivity index (χ0) is 15.1. The lowest BCUT2D eigenvalue weighted by Gasteiger charge is -2.13. The summed E-state index contributed by atoms with van der Waals surface area (Å²) in [5.41, 5.74) is 5.96. The number of aromatic carboxylic acids is 1. The minimum atomic E-state index is -0.916. The Hall–Kier alpha value is -2.88. The van der Waals surface area contributed by atoms with Crippen molar-refractivity contribution in [3.8, 4) is 16.9 Å². The van der Waals surface area contributed by atoms with Crippen LogP contribution in [-0.2, 0) is 12.8 Å². The number of rotatable bonds is 2. The van der Waals surface area contributed by atoms with Crippen LogP contribution in [0.1, 0.15) is 21.5 Å². The van der Waals surface area contributed by atoms with Crippen LogP contribution in [0.3, 0.4) is 0 Å². The van der Waals surface area contributed by atoms with Crippen LogP contribution < -0.4 is 0 Å². The van der Waals surface area contributed by atoms with Crippen molar-refractivity contribution in [2.45, 2.75) is 12.8 Å². The lowest BCUT2D eigenvalue weighted by Crippen LogP contribution is -2.01. The van der Waals surface area contributed by atoms with Crippen molar-refractivity contribution in [3.05, 3.63) is 71.4 Å². The van der Waals surface area contributed by atoms with Crippen LogP contribution in [0.4, 0.5) is 0 Å². The quantitative estimate of drug-likeness (QED) is 0.787. The lowest BCUT2D eigenvalue weighted by molar-refractivity contribution is 0.0697. The van der Waals surface area contributed by atoms with E-state index in [1.165, 1.54) is 16.7 Å². The van der Waals surface area contributed by atoms with Gasteiger partial charge in [-0.1, -0.05) is 24.3 Å². The van der Waals surface area contributed by atoms with Gasteiger partial charge in [0.25, 0.3) is 0 Å². The Morgan fingerprint density at radius 1 is 1.00 bits per heavy atom. The number of carbonyl (C=O) groups is 1. The highest BCUT2D eigenvalue weighted by atomic mass is 16.4. The normalized spacial score (nSPS) is 12.5. The fraction of sp³-hybridized carbons (Fsp3) is 0.111. The Balaban J connectivity index is 1.77. The van der Waals surface area contributed by atoms with Crippen molar-refractivity contribution in [2.24, 2.45) is 0 Å². The topological polar surface area (TPSA) is 55.1 Å². The Bertz CT molecular complexity index is 863. The average molecular weight is 290 g/mol. The van der Waals surface area contributed by atoms with E-state index in [4.69, 9.17) is 10.2 Å². The molecule has 0 atom stereocenters. The number of aryl methyl sites for hydroxylation is 2. The molecule has 0 spiro atoms. The molecule has 4 rings (SSSR count). The Morgan fingerprint density at radius 2 is 1.73 bits per heavy atom. The van der Waals surface area contributed by atoms with Crippen molar-refractivity contribution < 1.29 is 9.90 Å². The van der Waals surface area contributed by atoms with Crippen LogP contribution in [0.2, 0.25) is 0 Å². The van der Waals surface area contributed by atoms with Gasteiger partial charge in [0.05, 0.1) is 16.9 Å². The molecule has 0 aliphatic heterocycles. The van der Waals surface area contributed by atoms with Crippen molar-refractivity contribution >= 4 is 5.97 Å². The van der Waals surface area contributed by atoms with E-state index in [2.05, 4.69) is 18.2 Å². The smallest absolute Gasteiger partial charge is 0.335 e. The summed E-state index contributed by atoms with van der Waals surface area (Å²) in [6, 6.07) is 15.1. The second-order valence-electron chi connectivity index (χ2n) is 5.46. The summed E-state index contributed by atoms with van der Waals surface area (Å²) >= 11 is 0. The van der Waals surface area contributed by atoms with Crippen molar-refractivity contribution in [1.82, 2.24) is 9.78 Å². The van der Waals surface area contributed by atoms with Gasteiger partial charge in [0.2, 0.25) is 0 Å². The van der Waals surface area contributed by atoms with Gasteiger partial charge in [-0.2, -0.15) is 5.10 Å². The molecule has 1 N–H and O–H groups in total. The van der Waals surface area contributed by atoms with E-state index in [0.717, 1.165) is 24.2 Å². The van der Waals surface area contributed by atoms with E-state index in [-0.39, 0.29) is 5.56 Å². The maximum absolute atomic E-state index is 10.9. The summed E-state index contributed by atoms with van der Waals surface area (Å²) in [7, 11) is 0. The first-order valence-corrected chi connectivity index (χ1v) is 7.23. The highest BCUT2D eigenvalue weighted by Crippen LogP contribution is 2.32. The molecule has 1 aliphatic carbocycles. The fourth-order valence-electron chi connectivity index (χ4n) is 2.95. The predicted molar refractivity (Wildman–Crippen MR) is 83.4 cm³/mol. The second kappa shape index (κ2) is 4.84. The summed E-state index contributed by atoms with van der Waals surface area (Å²) < 4.78 is 1.83. The zero-order valence-corrected chi connectivity index (χ0v) is 11.9. The molecule has 1 aliphatic rings. The third-order valence-electron chi connectivity index (χ3n) is 4.10. The van der Waals surface area contributed by atoms with Crippen LogP contribution in [-0.4, -0.2) is 20.9 Å². The van der Waals surface area contributed by atoms with Gasteiger partial charge in [-0.3, -0.25) is 0 Å². The first kappa shape index (κ1) is 12.8. The third kappa shape index (κ3) is 2.00. The molecule has 0 radical (unpaired) electrons. The number of aromatic nitrogens is 2. The van der Waals surface area contributed by atoms with Crippen LogP contribution >= 0.6 is 0 Å². The van der Waals surface area contributed by atoms with Crippen molar-refractivity contribution in [2.75, 3.05) is 0 Å². The minimum absolute atomic E-state index is 0.283. The standard InChI is InChI=1S/C18H14N2O2/c21-18(22)13-7-9-15(10-8-13)20-11-14-6-5-12-3-1-2-4-16(12)17(14)19-20/h1-4,7-11H,5-6H2,(H,21,22). The molecule has 108 valence electrons. The van der Waals surface area contributed by atoms with Gasteiger partial charge >= 0.3 is 5.97 Å². The molecule has 4 heteroatoms. The SMILES string of the molecule is O=C(O)c1ccc(-n2cc3c(n2)-c2ccccc2CC3)cc1. The zero-order valence-electron chi connectivity index (χ0n) is 11.9. The minimum Gasteiger partial charge on any atom is -0.478 e. The van der Waals surface area contributed by atoms with E-state index in [1.807, 2.05) is 16.9 Å². The van der Waals surface area contributed by atoms with Gasteiger partial charge in [-0.05, 0) is 48.2 Å². The van der Waals surface area contributed by atoms with Crippen LogP contribution in [0.5, 0.6) is 0 Å². The number of hydrogen-bond acceptors (Lipinski definition) is 2. The molecule has 2 aromatic carbocycles. The van der Waals surface area contributed by atoms with Gasteiger partial charge in [0.1, 0.15) is 0 Å². The highest BCUT2D eigenvalue weighted by molar-refractivity contribution is 5.87. The Kier molecular flexibility index (Phi) is 2.82. The van der Waals surface area contributed by atoms with Crippen LogP contribution in [0.15, 0.2) is 54.7 Å². The molecule has 0 saturated heterocycles. The van der Waals surface area contributed by atoms with E-state index >= 15 is 0 Å². The first-order chi connectivity index (χ1) is 10.7. The molecule has 0 fully saturated rings. The molecule has 1 aromatic heterocycles. The fourth-order valence-corrected chi connectivity index (χ4v) is 2.95. The summed E-state index contributed by atoms with van der Waals surface area (Å²) in [5.74, 6) is -0.916. The summed E-state index contributed by atoms with van der Waals surface area (Å²) in [6.45, 7) is 0. The predicted octanol–water partition coefficient (Wildman–Crippen LogP) is 3.34. The largest absolute Gasteiger partial charge is 0.478 e. The Morgan fingerprint density at radius 3 is 2.50 bits per heavy atom. The molecular formula is C18H14N2O2. The summed E-state index contributed by atoms with van der Waals surface area (Å²) in [4.78, 5) is 10.9. The van der Waals surface area contributed by atoms with Gasteiger partial charge < -0.3 is 5.11 Å². The van der Waals surface area contributed by atoms with E-state index in [1.54, 1.807) is 24.3 Å². The van der Waals surface area contributed by atoms with Crippen molar-refractivity contribution in [1.29, 1.82) is 0 Å². The third-order valence-corrected chi connectivity index (χ3v) is 4.10. The van der Waals surface area contributed by atoms with E-state index in [9.17, 15) is 4.79 Å². The van der Waals surface area contributed by atoms with Gasteiger partial charge in [-0.15, -0.1) is 0 Å². The highest BCUT2D eigenvalue weighted by Gasteiger charge is 2.19. The molecular weight excluding hydrogens is 276 g/mol. The molecule has 22 heavy (non-hydrogen) atoms. The molecule has 4 nitrogen and oxygen atoms in total. The number of nitrogens with zero attached hydrogens (tertiary/aromatic N) is 2. The average Bonchev–Trinajstić information content (AvgIpc) is 2.99. The molecule has 1 heterocycles. The first-order valence-electron chi connectivity index (χ1n) is 7.23. The maximum Gasteiger partial charge on any atom is 0.335 e. The van der Waals surface area contributed by atoms with Crippen LogP contribution in [0, 0.1) is 0 Å². The maximum atomic E-state index is 10.9. The van der Waals surface area contributed by atoms with Crippen LogP contribution in [0.25, 0.3) is 16.9 Å². The molecule has 0 bridgehead atoms. The van der Waals surface area contributed by atoms with E-state index < -0.39 is 5.97 Å². The monoisotopic (exact) mass is 290 g/mol.